The maximum absolute atomic E-state index is 13.1. The molecule has 0 saturated carbocycles. The van der Waals surface area contributed by atoms with Crippen LogP contribution in [0.15, 0.2) is 41.5 Å². The van der Waals surface area contributed by atoms with E-state index in [2.05, 4.69) is 11.1 Å². The van der Waals surface area contributed by atoms with Crippen LogP contribution in [0.5, 0.6) is 0 Å². The van der Waals surface area contributed by atoms with Crippen molar-refractivity contribution in [2.24, 2.45) is 5.92 Å². The Labute approximate surface area is 153 Å². The van der Waals surface area contributed by atoms with E-state index < -0.39 is 0 Å². The Kier molecular flexibility index (Phi) is 4.36. The number of amides is 1. The van der Waals surface area contributed by atoms with Gasteiger partial charge in [0.1, 0.15) is 0 Å². The third-order valence-electron chi connectivity index (χ3n) is 5.38. The molecule has 0 spiro atoms. The SMILES string of the molecule is CN(C)CC(=O)N1C[C@@H]2C[C@H](C1)c1ccc(-c3cccnc3)c(=O)n1C2. The molecule has 1 fully saturated rings. The molecule has 1 saturated heterocycles. The molecule has 4 rings (SSSR count). The molecule has 6 heteroatoms. The number of aromatic nitrogens is 2. The highest BCUT2D eigenvalue weighted by atomic mass is 16.2. The van der Waals surface area contributed by atoms with Gasteiger partial charge in [0.25, 0.3) is 5.56 Å². The lowest BCUT2D eigenvalue weighted by atomic mass is 9.82. The molecular weight excluding hydrogens is 328 g/mol. The van der Waals surface area contributed by atoms with Crippen molar-refractivity contribution in [2.45, 2.75) is 18.9 Å². The van der Waals surface area contributed by atoms with Crippen molar-refractivity contribution >= 4 is 5.91 Å². The summed E-state index contributed by atoms with van der Waals surface area (Å²) in [5.74, 6) is 0.756. The third-order valence-corrected chi connectivity index (χ3v) is 5.38. The topological polar surface area (TPSA) is 58.4 Å². The van der Waals surface area contributed by atoms with Crippen LogP contribution in [0.25, 0.3) is 11.1 Å². The van der Waals surface area contributed by atoms with Crippen molar-refractivity contribution in [3.63, 3.8) is 0 Å². The number of likely N-dealkylation sites (N-methyl/N-ethyl adjacent to an activating group) is 1. The average molecular weight is 352 g/mol. The van der Waals surface area contributed by atoms with Gasteiger partial charge in [-0.25, -0.2) is 0 Å². The number of hydrogen-bond donors (Lipinski definition) is 0. The number of fused-ring (bicyclic) bond motifs is 4. The molecule has 2 aliphatic heterocycles. The van der Waals surface area contributed by atoms with Crippen LogP contribution in [0, 0.1) is 5.92 Å². The quantitative estimate of drug-likeness (QED) is 0.838. The van der Waals surface area contributed by atoms with E-state index in [1.165, 1.54) is 0 Å². The van der Waals surface area contributed by atoms with E-state index in [0.717, 1.165) is 24.2 Å². The van der Waals surface area contributed by atoms with E-state index in [1.54, 1.807) is 12.4 Å². The van der Waals surface area contributed by atoms with Gasteiger partial charge >= 0.3 is 0 Å². The van der Waals surface area contributed by atoms with E-state index in [1.807, 2.05) is 46.7 Å². The van der Waals surface area contributed by atoms with Gasteiger partial charge < -0.3 is 14.4 Å². The van der Waals surface area contributed by atoms with E-state index in [9.17, 15) is 9.59 Å². The van der Waals surface area contributed by atoms with Crippen LogP contribution in [0.1, 0.15) is 18.0 Å². The minimum atomic E-state index is 0.0540. The second-order valence-electron chi connectivity index (χ2n) is 7.66. The first-order valence-corrected chi connectivity index (χ1v) is 9.09. The molecule has 0 N–H and O–H groups in total. The Hall–Kier alpha value is -2.47. The lowest BCUT2D eigenvalue weighted by molar-refractivity contribution is -0.134. The number of rotatable bonds is 3. The first-order valence-electron chi connectivity index (χ1n) is 9.09. The van der Waals surface area contributed by atoms with Crippen LogP contribution < -0.4 is 5.56 Å². The number of hydrogen-bond acceptors (Lipinski definition) is 4. The fourth-order valence-electron chi connectivity index (χ4n) is 4.26. The number of carbonyl (C=O) groups is 1. The van der Waals surface area contributed by atoms with Gasteiger partial charge in [-0.05, 0) is 44.6 Å². The zero-order chi connectivity index (χ0) is 18.3. The van der Waals surface area contributed by atoms with Crippen molar-refractivity contribution in [1.82, 2.24) is 19.4 Å². The van der Waals surface area contributed by atoms with Crippen molar-refractivity contribution < 1.29 is 4.79 Å². The van der Waals surface area contributed by atoms with Gasteiger partial charge in [-0.15, -0.1) is 0 Å². The Morgan fingerprint density at radius 3 is 2.81 bits per heavy atom. The summed E-state index contributed by atoms with van der Waals surface area (Å²) >= 11 is 0. The van der Waals surface area contributed by atoms with Gasteiger partial charge in [-0.1, -0.05) is 6.07 Å². The predicted octanol–water partition coefficient (Wildman–Crippen LogP) is 1.42. The number of piperidine rings is 1. The highest BCUT2D eigenvalue weighted by Crippen LogP contribution is 2.35. The van der Waals surface area contributed by atoms with Gasteiger partial charge in [0, 0.05) is 54.8 Å². The Bertz CT molecular complexity index is 875. The van der Waals surface area contributed by atoms with E-state index >= 15 is 0 Å². The first kappa shape index (κ1) is 17.0. The molecular formula is C20H24N4O2. The molecule has 2 aliphatic rings. The predicted molar refractivity (Wildman–Crippen MR) is 99.9 cm³/mol. The van der Waals surface area contributed by atoms with E-state index in [0.29, 0.717) is 31.1 Å². The van der Waals surface area contributed by atoms with Crippen molar-refractivity contribution in [1.29, 1.82) is 0 Å². The molecule has 2 bridgehead atoms. The van der Waals surface area contributed by atoms with Crippen LogP contribution in [0.3, 0.4) is 0 Å². The standard InChI is InChI=1S/C20H24N4O2/c1-22(2)13-19(25)23-10-14-8-16(12-23)18-6-5-17(20(26)24(18)11-14)15-4-3-7-21-9-15/h3-7,9,14,16H,8,10-13H2,1-2H3/t14-,16+/m0/s1. The maximum atomic E-state index is 13.1. The molecule has 1 amide bonds. The van der Waals surface area contributed by atoms with Gasteiger partial charge in [0.2, 0.25) is 5.91 Å². The molecule has 136 valence electrons. The summed E-state index contributed by atoms with van der Waals surface area (Å²) in [5, 5.41) is 0. The Balaban J connectivity index is 1.65. The fourth-order valence-corrected chi connectivity index (χ4v) is 4.26. The monoisotopic (exact) mass is 352 g/mol. The zero-order valence-electron chi connectivity index (χ0n) is 15.3. The second-order valence-corrected chi connectivity index (χ2v) is 7.66. The van der Waals surface area contributed by atoms with Crippen LogP contribution in [0.2, 0.25) is 0 Å². The van der Waals surface area contributed by atoms with Crippen molar-refractivity contribution in [3.8, 4) is 11.1 Å². The normalized spacial score (nSPS) is 21.6. The van der Waals surface area contributed by atoms with Crippen LogP contribution in [-0.2, 0) is 11.3 Å². The highest BCUT2D eigenvalue weighted by molar-refractivity contribution is 5.78. The maximum Gasteiger partial charge on any atom is 0.258 e. The smallest absolute Gasteiger partial charge is 0.258 e. The number of carbonyl (C=O) groups excluding carboxylic acids is 1. The number of nitrogens with zero attached hydrogens (tertiary/aromatic N) is 4. The third kappa shape index (κ3) is 3.05. The van der Waals surface area contributed by atoms with Crippen molar-refractivity contribution in [3.05, 3.63) is 52.7 Å². The highest BCUT2D eigenvalue weighted by Gasteiger charge is 2.36. The van der Waals surface area contributed by atoms with Crippen LogP contribution in [-0.4, -0.2) is 59.0 Å². The minimum absolute atomic E-state index is 0.0540. The second kappa shape index (κ2) is 6.68. The van der Waals surface area contributed by atoms with Crippen LogP contribution >= 0.6 is 0 Å². The molecule has 2 atom stereocenters. The first-order chi connectivity index (χ1) is 12.5. The Morgan fingerprint density at radius 1 is 1.23 bits per heavy atom. The number of likely N-dealkylation sites (tertiary alicyclic amines) is 1. The van der Waals surface area contributed by atoms with Crippen LogP contribution in [0.4, 0.5) is 0 Å². The van der Waals surface area contributed by atoms with E-state index in [4.69, 9.17) is 0 Å². The molecule has 0 aromatic carbocycles. The largest absolute Gasteiger partial charge is 0.341 e. The van der Waals surface area contributed by atoms with Gasteiger partial charge in [-0.3, -0.25) is 14.6 Å². The summed E-state index contributed by atoms with van der Waals surface area (Å²) in [6.45, 7) is 2.57. The van der Waals surface area contributed by atoms with Gasteiger partial charge in [0.05, 0.1) is 6.54 Å². The number of pyridine rings is 2. The van der Waals surface area contributed by atoms with Crippen molar-refractivity contribution in [2.75, 3.05) is 33.7 Å². The lowest BCUT2D eigenvalue weighted by Crippen LogP contribution is -2.51. The lowest BCUT2D eigenvalue weighted by Gasteiger charge is -2.43. The summed E-state index contributed by atoms with van der Waals surface area (Å²) < 4.78 is 1.93. The Morgan fingerprint density at radius 2 is 2.08 bits per heavy atom. The van der Waals surface area contributed by atoms with Gasteiger partial charge in [-0.2, -0.15) is 0 Å². The molecule has 26 heavy (non-hydrogen) atoms. The fraction of sp³-hybridized carbons (Fsp3) is 0.450. The molecule has 0 aliphatic carbocycles. The molecule has 2 aromatic heterocycles. The zero-order valence-corrected chi connectivity index (χ0v) is 15.3. The molecule has 0 unspecified atom stereocenters. The van der Waals surface area contributed by atoms with Gasteiger partial charge in [0.15, 0.2) is 0 Å². The summed E-state index contributed by atoms with van der Waals surface area (Å²) in [5.41, 5.74) is 2.66. The summed E-state index contributed by atoms with van der Waals surface area (Å²) in [7, 11) is 3.83. The molecule has 6 nitrogen and oxygen atoms in total. The van der Waals surface area contributed by atoms with E-state index in [-0.39, 0.29) is 17.4 Å². The average Bonchev–Trinajstić information content (AvgIpc) is 2.62. The molecule has 4 heterocycles. The molecule has 2 aromatic rings. The molecule has 0 radical (unpaired) electrons. The summed E-state index contributed by atoms with van der Waals surface area (Å²) in [6, 6.07) is 7.74. The summed E-state index contributed by atoms with van der Waals surface area (Å²) in [6.07, 6.45) is 4.50. The minimum Gasteiger partial charge on any atom is -0.341 e. The summed E-state index contributed by atoms with van der Waals surface area (Å²) in [4.78, 5) is 33.5.